The molecular formula is C13H16N4O2. The summed E-state index contributed by atoms with van der Waals surface area (Å²) in [4.78, 5) is 11.8. The number of nitrogens with zero attached hydrogens (tertiary/aromatic N) is 2. The van der Waals surface area contributed by atoms with Crippen molar-refractivity contribution >= 4 is 11.6 Å². The van der Waals surface area contributed by atoms with Crippen LogP contribution in [0, 0.1) is 5.92 Å². The van der Waals surface area contributed by atoms with E-state index in [0.717, 1.165) is 11.3 Å². The number of anilines is 1. The third-order valence-corrected chi connectivity index (χ3v) is 2.72. The second-order valence-electron chi connectivity index (χ2n) is 4.27. The molecule has 1 amide bonds. The quantitative estimate of drug-likeness (QED) is 0.852. The van der Waals surface area contributed by atoms with Gasteiger partial charge in [-0.3, -0.25) is 4.79 Å². The van der Waals surface area contributed by atoms with Crippen molar-refractivity contribution in [3.05, 3.63) is 30.7 Å². The predicted molar refractivity (Wildman–Crippen MR) is 71.5 cm³/mol. The molecule has 100 valence electrons. The first kappa shape index (κ1) is 13.2. The van der Waals surface area contributed by atoms with Crippen LogP contribution < -0.4 is 10.6 Å². The number of amides is 1. The molecule has 1 unspecified atom stereocenters. The molecule has 0 saturated carbocycles. The molecule has 2 aromatic rings. The third kappa shape index (κ3) is 3.38. The molecule has 0 aliphatic heterocycles. The largest absolute Gasteiger partial charge is 0.423 e. The molecule has 0 saturated heterocycles. The summed E-state index contributed by atoms with van der Waals surface area (Å²) in [6.45, 7) is 2.52. The minimum absolute atomic E-state index is 0.0140. The monoisotopic (exact) mass is 260 g/mol. The van der Waals surface area contributed by atoms with E-state index in [-0.39, 0.29) is 11.8 Å². The van der Waals surface area contributed by atoms with Crippen LogP contribution >= 0.6 is 0 Å². The third-order valence-electron chi connectivity index (χ3n) is 2.72. The molecule has 0 radical (unpaired) electrons. The maximum Gasteiger partial charge on any atom is 0.247 e. The van der Waals surface area contributed by atoms with Gasteiger partial charge >= 0.3 is 0 Å². The molecule has 0 aliphatic carbocycles. The van der Waals surface area contributed by atoms with Gasteiger partial charge in [-0.1, -0.05) is 6.92 Å². The van der Waals surface area contributed by atoms with Crippen LogP contribution in [0.25, 0.3) is 11.5 Å². The van der Waals surface area contributed by atoms with Crippen molar-refractivity contribution in [2.24, 2.45) is 5.92 Å². The van der Waals surface area contributed by atoms with Crippen LogP contribution in [0.1, 0.15) is 6.92 Å². The normalized spacial score (nSPS) is 12.1. The Bertz CT molecular complexity index is 522. The Kier molecular flexibility index (Phi) is 4.25. The lowest BCUT2D eigenvalue weighted by atomic mass is 10.1. The summed E-state index contributed by atoms with van der Waals surface area (Å²) in [6, 6.07) is 7.27. The van der Waals surface area contributed by atoms with Crippen LogP contribution in [0.3, 0.4) is 0 Å². The van der Waals surface area contributed by atoms with Gasteiger partial charge in [-0.25, -0.2) is 0 Å². The lowest BCUT2D eigenvalue weighted by Crippen LogP contribution is -2.28. The van der Waals surface area contributed by atoms with Gasteiger partial charge in [0.15, 0.2) is 0 Å². The van der Waals surface area contributed by atoms with E-state index in [1.54, 1.807) is 0 Å². The number of rotatable bonds is 5. The Morgan fingerprint density at radius 1 is 1.37 bits per heavy atom. The molecule has 0 fully saturated rings. The van der Waals surface area contributed by atoms with Crippen molar-refractivity contribution in [2.75, 3.05) is 18.9 Å². The maximum absolute atomic E-state index is 11.8. The molecule has 2 rings (SSSR count). The van der Waals surface area contributed by atoms with Crippen LogP contribution in [0.15, 0.2) is 35.1 Å². The molecule has 1 heterocycles. The van der Waals surface area contributed by atoms with Gasteiger partial charge in [-0.2, -0.15) is 0 Å². The number of aromatic nitrogens is 2. The summed E-state index contributed by atoms with van der Waals surface area (Å²) >= 11 is 0. The van der Waals surface area contributed by atoms with E-state index in [9.17, 15) is 4.79 Å². The minimum atomic E-state index is -0.0828. The Hall–Kier alpha value is -2.21. The Morgan fingerprint density at radius 3 is 2.68 bits per heavy atom. The molecule has 19 heavy (non-hydrogen) atoms. The van der Waals surface area contributed by atoms with Crippen molar-refractivity contribution in [3.8, 4) is 11.5 Å². The van der Waals surface area contributed by atoms with Crippen molar-refractivity contribution in [2.45, 2.75) is 6.92 Å². The van der Waals surface area contributed by atoms with Crippen molar-refractivity contribution in [1.82, 2.24) is 15.5 Å². The predicted octanol–water partition coefficient (Wildman–Crippen LogP) is 1.53. The number of benzene rings is 1. The van der Waals surface area contributed by atoms with E-state index < -0.39 is 0 Å². The zero-order chi connectivity index (χ0) is 13.7. The van der Waals surface area contributed by atoms with Crippen LogP contribution in [-0.4, -0.2) is 29.7 Å². The SMILES string of the molecule is CNCC(C)C(=O)Nc1ccc(-c2nnco2)cc1. The first-order valence-corrected chi connectivity index (χ1v) is 6.02. The van der Waals surface area contributed by atoms with Crippen molar-refractivity contribution in [1.29, 1.82) is 0 Å². The van der Waals surface area contributed by atoms with Crippen molar-refractivity contribution < 1.29 is 9.21 Å². The maximum atomic E-state index is 11.8. The van der Waals surface area contributed by atoms with Gasteiger partial charge in [0.25, 0.3) is 0 Å². The highest BCUT2D eigenvalue weighted by Gasteiger charge is 2.12. The van der Waals surface area contributed by atoms with Gasteiger partial charge in [0.05, 0.1) is 0 Å². The second-order valence-corrected chi connectivity index (χ2v) is 4.27. The van der Waals surface area contributed by atoms with E-state index in [2.05, 4.69) is 20.8 Å². The zero-order valence-corrected chi connectivity index (χ0v) is 10.9. The topological polar surface area (TPSA) is 80.0 Å². The van der Waals surface area contributed by atoms with Crippen molar-refractivity contribution in [3.63, 3.8) is 0 Å². The average Bonchev–Trinajstić information content (AvgIpc) is 2.94. The summed E-state index contributed by atoms with van der Waals surface area (Å²) < 4.78 is 5.09. The fraction of sp³-hybridized carbons (Fsp3) is 0.308. The summed E-state index contributed by atoms with van der Waals surface area (Å²) in [6.07, 6.45) is 1.28. The molecule has 6 nitrogen and oxygen atoms in total. The first-order chi connectivity index (χ1) is 9.20. The number of nitrogens with one attached hydrogen (secondary N) is 2. The lowest BCUT2D eigenvalue weighted by Gasteiger charge is -2.11. The zero-order valence-electron chi connectivity index (χ0n) is 10.9. The molecule has 0 spiro atoms. The van der Waals surface area contributed by atoms with E-state index >= 15 is 0 Å². The van der Waals surface area contributed by atoms with Crippen LogP contribution in [0.5, 0.6) is 0 Å². The van der Waals surface area contributed by atoms with Crippen LogP contribution in [0.2, 0.25) is 0 Å². The van der Waals surface area contributed by atoms with Gasteiger partial charge in [0.2, 0.25) is 18.2 Å². The summed E-state index contributed by atoms with van der Waals surface area (Å²) in [5, 5.41) is 13.3. The van der Waals surface area contributed by atoms with Gasteiger partial charge in [0, 0.05) is 23.7 Å². The number of hydrogen-bond acceptors (Lipinski definition) is 5. The Labute approximate surface area is 111 Å². The summed E-state index contributed by atoms with van der Waals surface area (Å²) in [5.41, 5.74) is 1.56. The van der Waals surface area contributed by atoms with Gasteiger partial charge in [0.1, 0.15) is 0 Å². The number of carbonyl (C=O) groups is 1. The second kappa shape index (κ2) is 6.10. The van der Waals surface area contributed by atoms with Crippen LogP contribution in [0.4, 0.5) is 5.69 Å². The van der Waals surface area contributed by atoms with Gasteiger partial charge < -0.3 is 15.1 Å². The molecule has 1 aromatic carbocycles. The standard InChI is InChI=1S/C13H16N4O2/c1-9(7-14-2)12(18)16-11-5-3-10(4-6-11)13-17-15-8-19-13/h3-6,8-9,14H,7H2,1-2H3,(H,16,18). The summed E-state index contributed by atoms with van der Waals surface area (Å²) in [5.74, 6) is 0.363. The molecule has 6 heteroatoms. The fourth-order valence-corrected chi connectivity index (χ4v) is 1.66. The number of carbonyl (C=O) groups excluding carboxylic acids is 1. The Balaban J connectivity index is 2.01. The highest BCUT2D eigenvalue weighted by Crippen LogP contribution is 2.19. The molecule has 2 N–H and O–H groups in total. The molecule has 1 aromatic heterocycles. The van der Waals surface area contributed by atoms with E-state index in [4.69, 9.17) is 4.42 Å². The van der Waals surface area contributed by atoms with E-state index in [1.165, 1.54) is 6.39 Å². The first-order valence-electron chi connectivity index (χ1n) is 6.02. The molecule has 0 aliphatic rings. The average molecular weight is 260 g/mol. The van der Waals surface area contributed by atoms with Gasteiger partial charge in [-0.15, -0.1) is 10.2 Å². The molecule has 1 atom stereocenters. The molecular weight excluding hydrogens is 244 g/mol. The smallest absolute Gasteiger partial charge is 0.247 e. The van der Waals surface area contributed by atoms with Crippen LogP contribution in [-0.2, 0) is 4.79 Å². The summed E-state index contributed by atoms with van der Waals surface area (Å²) in [7, 11) is 1.82. The Morgan fingerprint density at radius 2 is 2.11 bits per heavy atom. The van der Waals surface area contributed by atoms with E-state index in [0.29, 0.717) is 12.4 Å². The lowest BCUT2D eigenvalue weighted by molar-refractivity contribution is -0.119. The van der Waals surface area contributed by atoms with Gasteiger partial charge in [-0.05, 0) is 31.3 Å². The highest BCUT2D eigenvalue weighted by molar-refractivity contribution is 5.92. The number of hydrogen-bond donors (Lipinski definition) is 2. The fourth-order valence-electron chi connectivity index (χ4n) is 1.66. The van der Waals surface area contributed by atoms with E-state index in [1.807, 2.05) is 38.2 Å². The minimum Gasteiger partial charge on any atom is -0.423 e. The molecule has 0 bridgehead atoms. The highest BCUT2D eigenvalue weighted by atomic mass is 16.4.